The molecule has 1 amide bonds. The number of carbonyl (C=O) groups excluding carboxylic acids is 1. The molecule has 1 N–H and O–H groups in total. The van der Waals surface area contributed by atoms with E-state index in [1.807, 2.05) is 25.1 Å². The van der Waals surface area contributed by atoms with Crippen molar-refractivity contribution in [3.8, 4) is 5.75 Å². The second-order valence-electron chi connectivity index (χ2n) is 5.54. The molecular formula is C19H22FNO3. The summed E-state index contributed by atoms with van der Waals surface area (Å²) in [5.41, 5.74) is 2.39. The first kappa shape index (κ1) is 17.9. The molecule has 0 saturated heterocycles. The summed E-state index contributed by atoms with van der Waals surface area (Å²) in [4.78, 5) is 11.7. The van der Waals surface area contributed by atoms with E-state index in [4.69, 9.17) is 4.74 Å². The van der Waals surface area contributed by atoms with Gasteiger partial charge in [0, 0.05) is 6.42 Å². The van der Waals surface area contributed by atoms with Gasteiger partial charge >= 0.3 is 0 Å². The highest BCUT2D eigenvalue weighted by molar-refractivity contribution is 5.91. The molecule has 0 aliphatic heterocycles. The highest BCUT2D eigenvalue weighted by Gasteiger charge is 2.18. The van der Waals surface area contributed by atoms with Gasteiger partial charge in [-0.3, -0.25) is 10.0 Å². The van der Waals surface area contributed by atoms with E-state index in [1.54, 1.807) is 6.92 Å². The lowest BCUT2D eigenvalue weighted by Crippen LogP contribution is -2.27. The van der Waals surface area contributed by atoms with E-state index >= 15 is 0 Å². The standard InChI is InChI=1S/C19H22FNO3/c1-4-14-9-10-18(13(3)11-14)24-12-15-16(20)7-6-8-17(15)21(23)19(22)5-2/h6-11,23H,4-5,12H2,1-3H3. The molecule has 2 aromatic rings. The quantitative estimate of drug-likeness (QED) is 0.630. The Morgan fingerprint density at radius 1 is 1.25 bits per heavy atom. The summed E-state index contributed by atoms with van der Waals surface area (Å²) in [7, 11) is 0. The van der Waals surface area contributed by atoms with Crippen LogP contribution >= 0.6 is 0 Å². The van der Waals surface area contributed by atoms with Gasteiger partial charge in [0.1, 0.15) is 18.2 Å². The summed E-state index contributed by atoms with van der Waals surface area (Å²) in [6, 6.07) is 10.0. The molecule has 0 fully saturated rings. The van der Waals surface area contributed by atoms with Gasteiger partial charge in [0.2, 0.25) is 5.91 Å². The zero-order valence-corrected chi connectivity index (χ0v) is 14.2. The smallest absolute Gasteiger partial charge is 0.250 e. The van der Waals surface area contributed by atoms with Gasteiger partial charge in [0.05, 0.1) is 11.3 Å². The van der Waals surface area contributed by atoms with Crippen molar-refractivity contribution in [1.82, 2.24) is 0 Å². The molecule has 0 aromatic heterocycles. The molecule has 5 heteroatoms. The molecule has 0 unspecified atom stereocenters. The Labute approximate surface area is 141 Å². The fraction of sp³-hybridized carbons (Fsp3) is 0.316. The van der Waals surface area contributed by atoms with Gasteiger partial charge in [-0.1, -0.05) is 32.0 Å². The fourth-order valence-electron chi connectivity index (χ4n) is 2.42. The van der Waals surface area contributed by atoms with Gasteiger partial charge in [0.15, 0.2) is 0 Å². The minimum atomic E-state index is -0.529. The van der Waals surface area contributed by atoms with Gasteiger partial charge in [-0.25, -0.2) is 4.39 Å². The highest BCUT2D eigenvalue weighted by atomic mass is 19.1. The molecule has 0 aliphatic carbocycles. The Balaban J connectivity index is 2.25. The molecule has 0 atom stereocenters. The first-order chi connectivity index (χ1) is 11.5. The van der Waals surface area contributed by atoms with Crippen molar-refractivity contribution in [3.05, 3.63) is 58.9 Å². The summed E-state index contributed by atoms with van der Waals surface area (Å²) >= 11 is 0. The Hall–Kier alpha value is -2.40. The van der Waals surface area contributed by atoms with E-state index in [0.717, 1.165) is 12.0 Å². The highest BCUT2D eigenvalue weighted by Crippen LogP contribution is 2.26. The largest absolute Gasteiger partial charge is 0.488 e. The minimum Gasteiger partial charge on any atom is -0.488 e. The van der Waals surface area contributed by atoms with Crippen LogP contribution in [0, 0.1) is 12.7 Å². The van der Waals surface area contributed by atoms with Crippen LogP contribution in [0.15, 0.2) is 36.4 Å². The summed E-state index contributed by atoms with van der Waals surface area (Å²) < 4.78 is 19.9. The van der Waals surface area contributed by atoms with Crippen molar-refractivity contribution in [2.75, 3.05) is 5.06 Å². The van der Waals surface area contributed by atoms with Crippen LogP contribution in [0.1, 0.15) is 37.0 Å². The van der Waals surface area contributed by atoms with Crippen LogP contribution in [0.25, 0.3) is 0 Å². The van der Waals surface area contributed by atoms with Crippen molar-refractivity contribution in [3.63, 3.8) is 0 Å². The van der Waals surface area contributed by atoms with Crippen LogP contribution < -0.4 is 9.80 Å². The maximum Gasteiger partial charge on any atom is 0.250 e. The zero-order valence-electron chi connectivity index (χ0n) is 14.2. The summed E-state index contributed by atoms with van der Waals surface area (Å²) in [6.45, 7) is 5.54. The third kappa shape index (κ3) is 3.92. The van der Waals surface area contributed by atoms with E-state index in [1.165, 1.54) is 23.8 Å². The van der Waals surface area contributed by atoms with Gasteiger partial charge in [-0.2, -0.15) is 5.06 Å². The third-order valence-corrected chi connectivity index (χ3v) is 3.88. The normalized spacial score (nSPS) is 10.5. The fourth-order valence-corrected chi connectivity index (χ4v) is 2.42. The number of nitrogens with zero attached hydrogens (tertiary/aromatic N) is 1. The molecule has 0 spiro atoms. The van der Waals surface area contributed by atoms with Crippen LogP contribution in [0.4, 0.5) is 10.1 Å². The monoisotopic (exact) mass is 331 g/mol. The molecule has 0 saturated carbocycles. The number of benzene rings is 2. The average molecular weight is 331 g/mol. The summed E-state index contributed by atoms with van der Waals surface area (Å²) in [5.74, 6) is -0.392. The van der Waals surface area contributed by atoms with Crippen molar-refractivity contribution < 1.29 is 19.1 Å². The van der Waals surface area contributed by atoms with Crippen molar-refractivity contribution in [2.45, 2.75) is 40.2 Å². The number of hydrogen-bond acceptors (Lipinski definition) is 3. The number of aryl methyl sites for hydroxylation is 2. The molecule has 0 bridgehead atoms. The SMILES string of the molecule is CCC(=O)N(O)c1cccc(F)c1COc1ccc(CC)cc1C. The zero-order chi connectivity index (χ0) is 17.7. The summed E-state index contributed by atoms with van der Waals surface area (Å²) in [5, 5.41) is 10.5. The number of ether oxygens (including phenoxy) is 1. The van der Waals surface area contributed by atoms with Crippen LogP contribution in [-0.4, -0.2) is 11.1 Å². The number of hydrogen-bond donors (Lipinski definition) is 1. The Morgan fingerprint density at radius 3 is 2.62 bits per heavy atom. The van der Waals surface area contributed by atoms with E-state index in [-0.39, 0.29) is 24.3 Å². The Kier molecular flexibility index (Phi) is 5.93. The lowest BCUT2D eigenvalue weighted by Gasteiger charge is -2.19. The van der Waals surface area contributed by atoms with Gasteiger partial charge in [-0.05, 0) is 42.7 Å². The van der Waals surface area contributed by atoms with Crippen molar-refractivity contribution in [1.29, 1.82) is 0 Å². The minimum absolute atomic E-state index is 0.0810. The Morgan fingerprint density at radius 2 is 2.00 bits per heavy atom. The van der Waals surface area contributed by atoms with E-state index in [9.17, 15) is 14.4 Å². The molecule has 4 nitrogen and oxygen atoms in total. The van der Waals surface area contributed by atoms with Crippen molar-refractivity contribution in [2.24, 2.45) is 0 Å². The molecule has 0 aliphatic rings. The molecule has 2 aromatic carbocycles. The van der Waals surface area contributed by atoms with Gasteiger partial charge in [0.25, 0.3) is 0 Å². The van der Waals surface area contributed by atoms with Crippen LogP contribution in [0.3, 0.4) is 0 Å². The lowest BCUT2D eigenvalue weighted by atomic mass is 10.1. The molecule has 0 heterocycles. The predicted octanol–water partition coefficient (Wildman–Crippen LogP) is 4.41. The number of carbonyl (C=O) groups is 1. The first-order valence-electron chi connectivity index (χ1n) is 7.99. The topological polar surface area (TPSA) is 49.8 Å². The van der Waals surface area contributed by atoms with Crippen molar-refractivity contribution >= 4 is 11.6 Å². The van der Waals surface area contributed by atoms with Crippen LogP contribution in [0.5, 0.6) is 5.75 Å². The number of anilines is 1. The third-order valence-electron chi connectivity index (χ3n) is 3.88. The molecule has 0 radical (unpaired) electrons. The number of rotatable bonds is 6. The maximum atomic E-state index is 14.2. The summed E-state index contributed by atoms with van der Waals surface area (Å²) in [6.07, 6.45) is 1.04. The predicted molar refractivity (Wildman–Crippen MR) is 90.9 cm³/mol. The van der Waals surface area contributed by atoms with Gasteiger partial charge < -0.3 is 4.74 Å². The lowest BCUT2D eigenvalue weighted by molar-refractivity contribution is -0.123. The molecule has 2 rings (SSSR count). The van der Waals surface area contributed by atoms with E-state index in [2.05, 4.69) is 6.92 Å². The average Bonchev–Trinajstić information content (AvgIpc) is 2.59. The number of halogens is 1. The van der Waals surface area contributed by atoms with Gasteiger partial charge in [-0.15, -0.1) is 0 Å². The molecular weight excluding hydrogens is 309 g/mol. The van der Waals surface area contributed by atoms with Crippen LogP contribution in [0.2, 0.25) is 0 Å². The maximum absolute atomic E-state index is 14.2. The number of amides is 1. The second kappa shape index (κ2) is 7.93. The molecule has 128 valence electrons. The van der Waals surface area contributed by atoms with E-state index in [0.29, 0.717) is 10.8 Å². The molecule has 24 heavy (non-hydrogen) atoms. The second-order valence-corrected chi connectivity index (χ2v) is 5.54. The van der Waals surface area contributed by atoms with E-state index < -0.39 is 11.7 Å². The number of hydroxylamine groups is 1. The van der Waals surface area contributed by atoms with Crippen LogP contribution in [-0.2, 0) is 17.8 Å². The Bertz CT molecular complexity index is 731. The first-order valence-corrected chi connectivity index (χ1v) is 7.99.